The maximum absolute atomic E-state index is 12.5. The first kappa shape index (κ1) is 15.8. The monoisotopic (exact) mass is 320 g/mol. The largest absolute Gasteiger partial charge is 0.462 e. The van der Waals surface area contributed by atoms with Crippen molar-refractivity contribution in [3.05, 3.63) is 65.7 Å². The van der Waals surface area contributed by atoms with Gasteiger partial charge in [0.25, 0.3) is 5.60 Å². The Bertz CT molecular complexity index is 829. The predicted molar refractivity (Wildman–Crippen MR) is 88.7 cm³/mol. The van der Waals surface area contributed by atoms with Gasteiger partial charge in [0.05, 0.1) is 18.6 Å². The molecule has 1 heterocycles. The van der Waals surface area contributed by atoms with Gasteiger partial charge in [0.1, 0.15) is 5.75 Å². The number of hydrogen-bond acceptors (Lipinski definition) is 4. The average molecular weight is 320 g/mol. The Hall–Kier alpha value is -3.06. The van der Waals surface area contributed by atoms with Crippen LogP contribution in [0, 0.1) is 11.8 Å². The number of Topliss-reactive ketones (excluding diaryl/α,β-unsaturated/α-hetero) is 1. The fraction of sp³-hybridized carbons (Fsp3) is 0.200. The van der Waals surface area contributed by atoms with Gasteiger partial charge in [-0.3, -0.25) is 4.79 Å². The second-order valence-corrected chi connectivity index (χ2v) is 5.36. The lowest BCUT2D eigenvalue weighted by atomic mass is 9.90. The maximum atomic E-state index is 12.5. The van der Waals surface area contributed by atoms with Crippen molar-refractivity contribution >= 4 is 11.8 Å². The minimum absolute atomic E-state index is 0.164. The van der Waals surface area contributed by atoms with Crippen LogP contribution in [-0.2, 0) is 9.53 Å². The third kappa shape index (κ3) is 3.02. The number of rotatable bonds is 2. The number of hydrogen-bond donors (Lipinski definition) is 0. The molecule has 0 bridgehead atoms. The van der Waals surface area contributed by atoms with Crippen LogP contribution >= 0.6 is 0 Å². The molecular formula is C20H16O4. The second-order valence-electron chi connectivity index (χ2n) is 5.36. The van der Waals surface area contributed by atoms with Gasteiger partial charge in [0.2, 0.25) is 0 Å². The summed E-state index contributed by atoms with van der Waals surface area (Å²) in [6.07, 6.45) is -0.164. The van der Waals surface area contributed by atoms with Crippen LogP contribution in [0.1, 0.15) is 29.3 Å². The zero-order chi connectivity index (χ0) is 17.0. The van der Waals surface area contributed by atoms with Gasteiger partial charge in [-0.05, 0) is 37.1 Å². The van der Waals surface area contributed by atoms with Crippen molar-refractivity contribution in [2.45, 2.75) is 18.9 Å². The molecule has 0 radical (unpaired) electrons. The lowest BCUT2D eigenvalue weighted by molar-refractivity contribution is -0.157. The highest BCUT2D eigenvalue weighted by molar-refractivity contribution is 6.05. The van der Waals surface area contributed by atoms with Crippen molar-refractivity contribution in [3.8, 4) is 17.6 Å². The summed E-state index contributed by atoms with van der Waals surface area (Å²) < 4.78 is 11.0. The number of benzene rings is 2. The molecule has 0 aromatic heterocycles. The van der Waals surface area contributed by atoms with Gasteiger partial charge in [-0.2, -0.15) is 0 Å². The topological polar surface area (TPSA) is 52.6 Å². The molecule has 0 fully saturated rings. The van der Waals surface area contributed by atoms with Crippen molar-refractivity contribution in [3.63, 3.8) is 0 Å². The third-order valence-electron chi connectivity index (χ3n) is 3.67. The number of esters is 1. The van der Waals surface area contributed by atoms with Crippen molar-refractivity contribution in [2.75, 3.05) is 6.61 Å². The normalized spacial score (nSPS) is 18.6. The summed E-state index contributed by atoms with van der Waals surface area (Å²) in [5, 5.41) is 0. The van der Waals surface area contributed by atoms with Crippen LogP contribution in [0.3, 0.4) is 0 Å². The zero-order valence-electron chi connectivity index (χ0n) is 13.2. The predicted octanol–water partition coefficient (Wildman–Crippen LogP) is 3.01. The number of para-hydroxylation sites is 1. The van der Waals surface area contributed by atoms with Crippen molar-refractivity contribution < 1.29 is 19.1 Å². The lowest BCUT2D eigenvalue weighted by Crippen LogP contribution is -2.49. The molecule has 2 aromatic carbocycles. The average Bonchev–Trinajstić information content (AvgIpc) is 2.61. The van der Waals surface area contributed by atoms with Gasteiger partial charge in [0.15, 0.2) is 5.78 Å². The summed E-state index contributed by atoms with van der Waals surface area (Å²) in [5.41, 5.74) is -0.424. The quantitative estimate of drug-likeness (QED) is 0.630. The fourth-order valence-electron chi connectivity index (χ4n) is 2.51. The van der Waals surface area contributed by atoms with Crippen LogP contribution in [0.25, 0.3) is 0 Å². The summed E-state index contributed by atoms with van der Waals surface area (Å²) >= 11 is 0. The van der Waals surface area contributed by atoms with Gasteiger partial charge >= 0.3 is 5.97 Å². The van der Waals surface area contributed by atoms with E-state index in [2.05, 4.69) is 11.8 Å². The minimum atomic E-state index is -1.61. The summed E-state index contributed by atoms with van der Waals surface area (Å²) in [6.45, 7) is 1.89. The molecule has 1 unspecified atom stereocenters. The third-order valence-corrected chi connectivity index (χ3v) is 3.67. The van der Waals surface area contributed by atoms with E-state index in [-0.39, 0.29) is 18.8 Å². The first-order chi connectivity index (χ1) is 11.6. The highest BCUT2D eigenvalue weighted by Gasteiger charge is 2.47. The number of carbonyl (C=O) groups excluding carboxylic acids is 2. The SMILES string of the molecule is CCOC(=O)C1(C#Cc2ccccc2)CC(=O)c2ccccc2O1. The van der Waals surface area contributed by atoms with E-state index in [1.54, 1.807) is 31.2 Å². The smallest absolute Gasteiger partial charge is 0.363 e. The van der Waals surface area contributed by atoms with Crippen molar-refractivity contribution in [1.29, 1.82) is 0 Å². The summed E-state index contributed by atoms with van der Waals surface area (Å²) in [5.74, 6) is 5.28. The molecule has 1 aliphatic rings. The molecule has 0 aliphatic carbocycles. The van der Waals surface area contributed by atoms with Crippen LogP contribution in [0.4, 0.5) is 0 Å². The first-order valence-electron chi connectivity index (χ1n) is 7.71. The van der Waals surface area contributed by atoms with Crippen molar-refractivity contribution in [2.24, 2.45) is 0 Å². The molecule has 0 saturated heterocycles. The molecule has 1 aliphatic heterocycles. The maximum Gasteiger partial charge on any atom is 0.363 e. The molecule has 0 amide bonds. The highest BCUT2D eigenvalue weighted by Crippen LogP contribution is 2.33. The Morgan fingerprint density at radius 2 is 1.88 bits per heavy atom. The molecule has 2 aromatic rings. The Balaban J connectivity index is 2.04. The number of carbonyl (C=O) groups is 2. The van der Waals surface area contributed by atoms with Gasteiger partial charge in [-0.25, -0.2) is 4.79 Å². The van der Waals surface area contributed by atoms with Crippen LogP contribution in [0.15, 0.2) is 54.6 Å². The van der Waals surface area contributed by atoms with E-state index < -0.39 is 11.6 Å². The van der Waals surface area contributed by atoms with E-state index in [4.69, 9.17) is 9.47 Å². The van der Waals surface area contributed by atoms with Gasteiger partial charge < -0.3 is 9.47 Å². The van der Waals surface area contributed by atoms with Crippen molar-refractivity contribution in [1.82, 2.24) is 0 Å². The van der Waals surface area contributed by atoms with Gasteiger partial charge in [-0.1, -0.05) is 36.3 Å². The van der Waals surface area contributed by atoms with Crippen LogP contribution in [0.2, 0.25) is 0 Å². The molecule has 24 heavy (non-hydrogen) atoms. The number of fused-ring (bicyclic) bond motifs is 1. The van der Waals surface area contributed by atoms with Crippen LogP contribution in [-0.4, -0.2) is 24.0 Å². The molecule has 1 atom stereocenters. The van der Waals surface area contributed by atoms with E-state index in [9.17, 15) is 9.59 Å². The molecule has 120 valence electrons. The molecule has 4 heteroatoms. The fourth-order valence-corrected chi connectivity index (χ4v) is 2.51. The van der Waals surface area contributed by atoms with Crippen LogP contribution in [0.5, 0.6) is 5.75 Å². The van der Waals surface area contributed by atoms with Gasteiger partial charge in [0, 0.05) is 5.56 Å². The first-order valence-corrected chi connectivity index (χ1v) is 7.71. The molecule has 0 N–H and O–H groups in total. The summed E-state index contributed by atoms with van der Waals surface area (Å²) in [7, 11) is 0. The van der Waals surface area contributed by atoms with E-state index in [0.29, 0.717) is 11.3 Å². The van der Waals surface area contributed by atoms with Crippen LogP contribution < -0.4 is 4.74 Å². The van der Waals surface area contributed by atoms with E-state index in [1.165, 1.54) is 0 Å². The molecule has 0 spiro atoms. The van der Waals surface area contributed by atoms with Gasteiger partial charge in [-0.15, -0.1) is 0 Å². The minimum Gasteiger partial charge on any atom is -0.462 e. The number of ether oxygens (including phenoxy) is 2. The standard InChI is InChI=1S/C20H16O4/c1-2-23-19(22)20(13-12-15-8-4-3-5-9-15)14-17(21)16-10-6-7-11-18(16)24-20/h3-11H,2,14H2,1H3. The Morgan fingerprint density at radius 3 is 2.62 bits per heavy atom. The van der Waals surface area contributed by atoms with E-state index >= 15 is 0 Å². The second kappa shape index (κ2) is 6.59. The lowest BCUT2D eigenvalue weighted by Gasteiger charge is -2.31. The van der Waals surface area contributed by atoms with E-state index in [1.807, 2.05) is 30.3 Å². The van der Waals surface area contributed by atoms with E-state index in [0.717, 1.165) is 5.56 Å². The Kier molecular flexibility index (Phi) is 4.35. The molecular weight excluding hydrogens is 304 g/mol. The number of ketones is 1. The zero-order valence-corrected chi connectivity index (χ0v) is 13.2. The molecule has 3 rings (SSSR count). The molecule has 0 saturated carbocycles. The Labute approximate surface area is 140 Å². The summed E-state index contributed by atoms with van der Waals surface area (Å²) in [4.78, 5) is 25.0. The Morgan fingerprint density at radius 1 is 1.17 bits per heavy atom. The molecule has 4 nitrogen and oxygen atoms in total. The summed E-state index contributed by atoms with van der Waals surface area (Å²) in [6, 6.07) is 16.1. The highest BCUT2D eigenvalue weighted by atomic mass is 16.6.